The van der Waals surface area contributed by atoms with Gasteiger partial charge in [-0.15, -0.1) is 0 Å². The number of carbonyl (C=O) groups excluding carboxylic acids is 1. The summed E-state index contributed by atoms with van der Waals surface area (Å²) in [5.41, 5.74) is 2.77. The van der Waals surface area contributed by atoms with E-state index in [4.69, 9.17) is 9.97 Å². The van der Waals surface area contributed by atoms with Crippen molar-refractivity contribution in [1.82, 2.24) is 25.1 Å². The Bertz CT molecular complexity index is 1220. The molecule has 2 aromatic heterocycles. The van der Waals surface area contributed by atoms with E-state index in [-0.39, 0.29) is 11.8 Å². The zero-order chi connectivity index (χ0) is 23.3. The first-order valence-electron chi connectivity index (χ1n) is 11.6. The van der Waals surface area contributed by atoms with Crippen molar-refractivity contribution in [3.63, 3.8) is 0 Å². The number of aromatic nitrogens is 4. The van der Waals surface area contributed by atoms with Gasteiger partial charge in [0.25, 0.3) is 0 Å². The molecule has 1 N–H and O–H groups in total. The quantitative estimate of drug-likeness (QED) is 0.307. The molecule has 1 amide bonds. The molecule has 8 heteroatoms. The predicted octanol–water partition coefficient (Wildman–Crippen LogP) is 4.10. The Balaban J connectivity index is 1.34. The molecule has 1 aliphatic rings. The van der Waals surface area contributed by atoms with Gasteiger partial charge >= 0.3 is 0 Å². The Hall–Kier alpha value is -3.39. The van der Waals surface area contributed by atoms with E-state index >= 15 is 0 Å². The van der Waals surface area contributed by atoms with E-state index in [0.717, 1.165) is 46.2 Å². The Labute approximate surface area is 203 Å². The lowest BCUT2D eigenvalue weighted by Crippen LogP contribution is -2.32. The Morgan fingerprint density at radius 2 is 1.65 bits per heavy atom. The van der Waals surface area contributed by atoms with E-state index in [1.807, 2.05) is 77.8 Å². The zero-order valence-corrected chi connectivity index (χ0v) is 20.0. The second-order valence-electron chi connectivity index (χ2n) is 8.38. The van der Waals surface area contributed by atoms with Crippen molar-refractivity contribution >= 4 is 34.5 Å². The minimum atomic E-state index is -0.357. The monoisotopic (exact) mass is 472 g/mol. The topological polar surface area (TPSA) is 75.9 Å². The predicted molar refractivity (Wildman–Crippen MR) is 136 cm³/mol. The van der Waals surface area contributed by atoms with Crippen LogP contribution in [0.2, 0.25) is 0 Å². The van der Waals surface area contributed by atoms with Crippen LogP contribution in [0.15, 0.2) is 72.0 Å². The van der Waals surface area contributed by atoms with Crippen LogP contribution in [0.1, 0.15) is 29.9 Å². The third-order valence-electron chi connectivity index (χ3n) is 6.19. The van der Waals surface area contributed by atoms with Crippen molar-refractivity contribution < 1.29 is 4.79 Å². The first-order chi connectivity index (χ1) is 16.7. The highest BCUT2D eigenvalue weighted by atomic mass is 32.2. The van der Waals surface area contributed by atoms with E-state index in [0.29, 0.717) is 13.1 Å². The molecule has 2 aromatic carbocycles. The summed E-state index contributed by atoms with van der Waals surface area (Å²) in [5, 5.41) is 9.42. The van der Waals surface area contributed by atoms with Gasteiger partial charge in [0, 0.05) is 19.6 Å². The maximum Gasteiger partial charge on any atom is 0.232 e. The molecule has 4 aromatic rings. The van der Waals surface area contributed by atoms with E-state index in [1.165, 1.54) is 24.6 Å². The lowest BCUT2D eigenvalue weighted by Gasteiger charge is -2.18. The van der Waals surface area contributed by atoms with E-state index in [2.05, 4.69) is 15.3 Å². The maximum absolute atomic E-state index is 13.3. The number of thioether (sulfide) groups is 1. The summed E-state index contributed by atoms with van der Waals surface area (Å²) in [6.07, 6.45) is 6.21. The van der Waals surface area contributed by atoms with Gasteiger partial charge < -0.3 is 10.2 Å². The van der Waals surface area contributed by atoms with Crippen molar-refractivity contribution in [3.8, 4) is 0 Å². The van der Waals surface area contributed by atoms with Crippen LogP contribution in [0.25, 0.3) is 11.0 Å². The second kappa shape index (κ2) is 10.3. The molecule has 1 saturated heterocycles. The fraction of sp³-hybridized carbons (Fsp3) is 0.308. The summed E-state index contributed by atoms with van der Waals surface area (Å²) in [5.74, 6) is 0.588. The molecule has 0 saturated carbocycles. The average molecular weight is 473 g/mol. The largest absolute Gasteiger partial charge is 0.356 e. The van der Waals surface area contributed by atoms with Crippen LogP contribution < -0.4 is 10.2 Å². The number of fused-ring (bicyclic) bond motifs is 1. The van der Waals surface area contributed by atoms with E-state index in [1.54, 1.807) is 0 Å². The number of carbonyl (C=O) groups is 1. The summed E-state index contributed by atoms with van der Waals surface area (Å²) in [6, 6.07) is 19.8. The Kier molecular flexibility index (Phi) is 6.76. The van der Waals surface area contributed by atoms with Crippen molar-refractivity contribution in [1.29, 1.82) is 0 Å². The van der Waals surface area contributed by atoms with Gasteiger partial charge in [-0.1, -0.05) is 72.4 Å². The molecule has 1 aliphatic heterocycles. The fourth-order valence-corrected chi connectivity index (χ4v) is 4.87. The highest BCUT2D eigenvalue weighted by Crippen LogP contribution is 2.29. The third-order valence-corrected chi connectivity index (χ3v) is 6.74. The van der Waals surface area contributed by atoms with Crippen LogP contribution in [0.5, 0.6) is 0 Å². The minimum Gasteiger partial charge on any atom is -0.356 e. The molecule has 3 heterocycles. The van der Waals surface area contributed by atoms with Crippen LogP contribution in [-0.2, 0) is 11.3 Å². The van der Waals surface area contributed by atoms with Gasteiger partial charge in [-0.2, -0.15) is 5.10 Å². The van der Waals surface area contributed by atoms with Crippen LogP contribution in [0.4, 0.5) is 5.82 Å². The highest BCUT2D eigenvalue weighted by Gasteiger charge is 2.23. The number of anilines is 1. The minimum absolute atomic E-state index is 0.0222. The molecule has 0 radical (unpaired) electrons. The first-order valence-corrected chi connectivity index (χ1v) is 12.9. The number of rotatable bonds is 8. The van der Waals surface area contributed by atoms with E-state index in [9.17, 15) is 4.79 Å². The first kappa shape index (κ1) is 22.4. The molecule has 174 valence electrons. The molecule has 0 bridgehead atoms. The van der Waals surface area contributed by atoms with Crippen LogP contribution in [0.3, 0.4) is 0 Å². The van der Waals surface area contributed by atoms with Crippen molar-refractivity contribution in [3.05, 3.63) is 78.0 Å². The lowest BCUT2D eigenvalue weighted by atomic mass is 9.90. The van der Waals surface area contributed by atoms with Gasteiger partial charge in [-0.05, 0) is 30.2 Å². The van der Waals surface area contributed by atoms with Gasteiger partial charge in [0.1, 0.15) is 5.82 Å². The number of nitrogens with one attached hydrogen (secondary N) is 1. The van der Waals surface area contributed by atoms with Crippen LogP contribution in [-0.4, -0.2) is 51.5 Å². The molecular weight excluding hydrogens is 444 g/mol. The lowest BCUT2D eigenvalue weighted by molar-refractivity contribution is -0.121. The van der Waals surface area contributed by atoms with Crippen molar-refractivity contribution in [2.75, 3.05) is 30.8 Å². The van der Waals surface area contributed by atoms with Crippen molar-refractivity contribution in [2.24, 2.45) is 0 Å². The number of benzene rings is 2. The normalized spacial score (nSPS) is 13.6. The fourth-order valence-electron chi connectivity index (χ4n) is 4.52. The number of hydrogen-bond donors (Lipinski definition) is 1. The van der Waals surface area contributed by atoms with Gasteiger partial charge in [-0.25, -0.2) is 14.6 Å². The zero-order valence-electron chi connectivity index (χ0n) is 19.2. The summed E-state index contributed by atoms with van der Waals surface area (Å²) >= 11 is 1.54. The molecule has 0 atom stereocenters. The van der Waals surface area contributed by atoms with Crippen LogP contribution in [0, 0.1) is 0 Å². The van der Waals surface area contributed by atoms with Crippen LogP contribution >= 0.6 is 11.8 Å². The molecule has 1 fully saturated rings. The second-order valence-corrected chi connectivity index (χ2v) is 9.15. The standard InChI is InChI=1S/C26H28N6OS/c1-34-26-29-23(31-15-8-9-16-31)21-18-28-32(24(21)30-26)17-14-27-25(33)22(19-10-4-2-5-11-19)20-12-6-3-7-13-20/h2-7,10-13,18,22H,8-9,14-17H2,1H3,(H,27,33). The molecule has 5 rings (SSSR count). The molecule has 7 nitrogen and oxygen atoms in total. The highest BCUT2D eigenvalue weighted by molar-refractivity contribution is 7.98. The Morgan fingerprint density at radius 3 is 2.26 bits per heavy atom. The molecule has 0 spiro atoms. The van der Waals surface area contributed by atoms with Gasteiger partial charge in [0.2, 0.25) is 5.91 Å². The summed E-state index contributed by atoms with van der Waals surface area (Å²) in [6.45, 7) is 3.03. The summed E-state index contributed by atoms with van der Waals surface area (Å²) in [4.78, 5) is 25.1. The van der Waals surface area contributed by atoms with Crippen molar-refractivity contribution in [2.45, 2.75) is 30.5 Å². The molecule has 0 aliphatic carbocycles. The third kappa shape index (κ3) is 4.63. The van der Waals surface area contributed by atoms with Gasteiger partial charge in [-0.3, -0.25) is 4.79 Å². The van der Waals surface area contributed by atoms with E-state index < -0.39 is 0 Å². The van der Waals surface area contributed by atoms with Gasteiger partial charge in [0.15, 0.2) is 10.8 Å². The summed E-state index contributed by atoms with van der Waals surface area (Å²) in [7, 11) is 0. The SMILES string of the molecule is CSc1nc(N2CCCC2)c2cnn(CCNC(=O)C(c3ccccc3)c3ccccc3)c2n1. The average Bonchev–Trinajstić information content (AvgIpc) is 3.56. The number of amides is 1. The van der Waals surface area contributed by atoms with Gasteiger partial charge in [0.05, 0.1) is 24.0 Å². The molecule has 0 unspecified atom stereocenters. The number of hydrogen-bond acceptors (Lipinski definition) is 6. The summed E-state index contributed by atoms with van der Waals surface area (Å²) < 4.78 is 1.87. The number of nitrogens with zero attached hydrogens (tertiary/aromatic N) is 5. The molecule has 34 heavy (non-hydrogen) atoms. The molecular formula is C26H28N6OS. The maximum atomic E-state index is 13.3. The Morgan fingerprint density at radius 1 is 1.00 bits per heavy atom. The smallest absolute Gasteiger partial charge is 0.232 e.